The fourth-order valence-electron chi connectivity index (χ4n) is 6.41. The van der Waals surface area contributed by atoms with Gasteiger partial charge in [-0.1, -0.05) is 18.2 Å². The second-order valence-electron chi connectivity index (χ2n) is 11.5. The largest absolute Gasteiger partial charge is 0.496 e. The van der Waals surface area contributed by atoms with Crippen molar-refractivity contribution in [2.75, 3.05) is 45.4 Å². The first kappa shape index (κ1) is 30.9. The fraction of sp³-hybridized carbons (Fsp3) is 0.469. The number of esters is 1. The van der Waals surface area contributed by atoms with Crippen LogP contribution < -0.4 is 15.0 Å². The van der Waals surface area contributed by atoms with Gasteiger partial charge in [-0.2, -0.15) is 0 Å². The van der Waals surface area contributed by atoms with Gasteiger partial charge in [0, 0.05) is 24.7 Å². The van der Waals surface area contributed by atoms with E-state index in [1.54, 1.807) is 12.0 Å². The highest BCUT2D eigenvalue weighted by Gasteiger charge is 2.63. The molecule has 238 valence electrons. The van der Waals surface area contributed by atoms with Crippen LogP contribution in [0.4, 0.5) is 5.00 Å². The third-order valence-electron chi connectivity index (χ3n) is 8.87. The number of carbonyl (C=O) groups is 4. The Hall–Kier alpha value is -4.07. The molecule has 2 amide bonds. The predicted octanol–water partition coefficient (Wildman–Crippen LogP) is 3.87. The molecule has 1 atom stereocenters. The van der Waals surface area contributed by atoms with E-state index >= 15 is 0 Å². The number of Topliss-reactive ketones (excluding diaryl/α,β-unsaturated/α-hetero) is 1. The summed E-state index contributed by atoms with van der Waals surface area (Å²) in [5, 5.41) is 3.05. The van der Waals surface area contributed by atoms with Crippen LogP contribution in [0.15, 0.2) is 41.1 Å². The van der Waals surface area contributed by atoms with Gasteiger partial charge in [0.1, 0.15) is 35.1 Å². The first-order chi connectivity index (χ1) is 21.8. The summed E-state index contributed by atoms with van der Waals surface area (Å²) in [6.07, 6.45) is 3.78. The van der Waals surface area contributed by atoms with Gasteiger partial charge in [0.15, 0.2) is 5.78 Å². The third-order valence-corrected chi connectivity index (χ3v) is 10.2. The molecule has 1 aliphatic carbocycles. The lowest BCUT2D eigenvalue weighted by atomic mass is 9.56. The highest BCUT2D eigenvalue weighted by atomic mass is 32.1. The monoisotopic (exact) mass is 637 g/mol. The average Bonchev–Trinajstić information content (AvgIpc) is 3.69. The highest BCUT2D eigenvalue weighted by Crippen LogP contribution is 2.57. The van der Waals surface area contributed by atoms with Crippen LogP contribution in [0.1, 0.15) is 53.3 Å². The van der Waals surface area contributed by atoms with Gasteiger partial charge in [-0.3, -0.25) is 24.1 Å². The number of hydrogen-bond acceptors (Lipinski definition) is 11. The molecule has 0 bridgehead atoms. The van der Waals surface area contributed by atoms with Crippen molar-refractivity contribution in [1.29, 1.82) is 0 Å². The van der Waals surface area contributed by atoms with Crippen molar-refractivity contribution >= 4 is 39.9 Å². The van der Waals surface area contributed by atoms with Gasteiger partial charge in [-0.25, -0.2) is 4.98 Å². The fourth-order valence-corrected chi connectivity index (χ4v) is 7.66. The Morgan fingerprint density at radius 1 is 1.18 bits per heavy atom. The zero-order valence-electron chi connectivity index (χ0n) is 25.3. The van der Waals surface area contributed by atoms with Gasteiger partial charge in [0.05, 0.1) is 43.5 Å². The summed E-state index contributed by atoms with van der Waals surface area (Å²) < 4.78 is 28.1. The van der Waals surface area contributed by atoms with E-state index in [4.69, 9.17) is 18.6 Å². The number of thiophene rings is 1. The van der Waals surface area contributed by atoms with E-state index in [1.165, 1.54) is 30.9 Å². The molecule has 12 nitrogen and oxygen atoms in total. The Morgan fingerprint density at radius 2 is 1.93 bits per heavy atom. The normalized spacial score (nSPS) is 22.1. The Labute approximate surface area is 264 Å². The molecule has 1 saturated heterocycles. The summed E-state index contributed by atoms with van der Waals surface area (Å²) in [6.45, 7) is 2.81. The minimum absolute atomic E-state index is 0.0252. The number of fused-ring (bicyclic) bond motifs is 1. The molecule has 45 heavy (non-hydrogen) atoms. The zero-order valence-corrected chi connectivity index (χ0v) is 26.1. The number of ether oxygens (including phenoxy) is 4. The summed E-state index contributed by atoms with van der Waals surface area (Å²) >= 11 is 1.28. The molecule has 1 saturated carbocycles. The molecule has 1 N–H and O–H groups in total. The summed E-state index contributed by atoms with van der Waals surface area (Å²) in [4.78, 5) is 59.9. The standard InChI is InChI=1S/C32H35N3O9S/c1-18-25-27(37)32(14-19(15-32)28(38)34-16-24(36)41-3)31(39)35(30(25)45-26(18)29-33-10-13-43-29)17-23(44-20-8-11-42-12-9-20)21-6-4-5-7-22(21)40-2/h4-7,10,13,19-20,23H,8-9,11-12,14-17H2,1-3H3,(H,34,38)/t19?,23-,32?/m0/s1. The van der Waals surface area contributed by atoms with Crippen LogP contribution in [0, 0.1) is 18.3 Å². The molecule has 0 unspecified atom stereocenters. The minimum Gasteiger partial charge on any atom is -0.496 e. The van der Waals surface area contributed by atoms with E-state index in [0.29, 0.717) is 58.7 Å². The van der Waals surface area contributed by atoms with Crippen LogP contribution in [0.2, 0.25) is 0 Å². The van der Waals surface area contributed by atoms with Crippen molar-refractivity contribution < 1.29 is 42.5 Å². The van der Waals surface area contributed by atoms with Crippen LogP contribution in [0.5, 0.6) is 5.75 Å². The van der Waals surface area contributed by atoms with Crippen LogP contribution in [-0.4, -0.2) is 75.2 Å². The Kier molecular flexibility index (Phi) is 8.76. The summed E-state index contributed by atoms with van der Waals surface area (Å²) in [5.74, 6) is -1.32. The number of carbonyl (C=O) groups excluding carboxylic acids is 4. The molecule has 3 aromatic rings. The number of amides is 2. The topological polar surface area (TPSA) is 146 Å². The summed E-state index contributed by atoms with van der Waals surface area (Å²) in [6, 6.07) is 7.54. The van der Waals surface area contributed by atoms with E-state index in [2.05, 4.69) is 15.0 Å². The number of methoxy groups -OCH3 is 2. The Morgan fingerprint density at radius 3 is 2.62 bits per heavy atom. The molecule has 2 aliphatic heterocycles. The van der Waals surface area contributed by atoms with Crippen LogP contribution in [-0.2, 0) is 28.6 Å². The van der Waals surface area contributed by atoms with Crippen LogP contribution in [0.3, 0.4) is 0 Å². The number of oxazole rings is 1. The number of rotatable bonds is 10. The Bertz CT molecular complexity index is 1590. The van der Waals surface area contributed by atoms with Gasteiger partial charge in [-0.15, -0.1) is 11.3 Å². The third kappa shape index (κ3) is 5.64. The molecule has 2 aromatic heterocycles. The van der Waals surface area contributed by atoms with Crippen molar-refractivity contribution in [3.05, 3.63) is 53.4 Å². The van der Waals surface area contributed by atoms with E-state index in [-0.39, 0.29) is 43.7 Å². The van der Waals surface area contributed by atoms with Crippen molar-refractivity contribution in [1.82, 2.24) is 10.3 Å². The summed E-state index contributed by atoms with van der Waals surface area (Å²) in [7, 11) is 2.82. The zero-order chi connectivity index (χ0) is 31.7. The lowest BCUT2D eigenvalue weighted by molar-refractivity contribution is -0.145. The van der Waals surface area contributed by atoms with Crippen LogP contribution >= 0.6 is 11.3 Å². The number of nitrogens with one attached hydrogen (secondary N) is 1. The number of aromatic nitrogens is 1. The van der Waals surface area contributed by atoms with Gasteiger partial charge < -0.3 is 28.7 Å². The van der Waals surface area contributed by atoms with E-state index in [9.17, 15) is 19.2 Å². The Balaban J connectivity index is 1.38. The number of para-hydroxylation sites is 1. The number of nitrogens with zero attached hydrogens (tertiary/aromatic N) is 2. The smallest absolute Gasteiger partial charge is 0.325 e. The molecule has 0 radical (unpaired) electrons. The van der Waals surface area contributed by atoms with Crippen molar-refractivity contribution in [3.8, 4) is 16.5 Å². The maximum absolute atomic E-state index is 14.6. The molecule has 13 heteroatoms. The number of anilines is 1. The maximum atomic E-state index is 14.6. The second kappa shape index (κ2) is 12.7. The molecular weight excluding hydrogens is 602 g/mol. The molecule has 2 fully saturated rings. The molecule has 1 aromatic carbocycles. The van der Waals surface area contributed by atoms with E-state index < -0.39 is 29.3 Å². The first-order valence-corrected chi connectivity index (χ1v) is 15.7. The number of ketones is 1. The van der Waals surface area contributed by atoms with Crippen molar-refractivity contribution in [3.63, 3.8) is 0 Å². The second-order valence-corrected chi connectivity index (χ2v) is 12.5. The number of hydrogen-bond donors (Lipinski definition) is 1. The quantitative estimate of drug-likeness (QED) is 0.257. The highest BCUT2D eigenvalue weighted by molar-refractivity contribution is 7.20. The SMILES string of the molecule is COC(=O)CNC(=O)C1CC2(C1)C(=O)c1c(sc(-c3ncco3)c1C)N(C[C@H](OC1CCOCC1)c1ccccc1OC)C2=O. The van der Waals surface area contributed by atoms with Crippen molar-refractivity contribution in [2.45, 2.75) is 44.8 Å². The average molecular weight is 638 g/mol. The summed E-state index contributed by atoms with van der Waals surface area (Å²) in [5.41, 5.74) is 0.439. The molecule has 6 rings (SSSR count). The molecule has 3 aliphatic rings. The lowest BCUT2D eigenvalue weighted by Gasteiger charge is -2.49. The van der Waals surface area contributed by atoms with Crippen molar-refractivity contribution in [2.24, 2.45) is 11.3 Å². The lowest BCUT2D eigenvalue weighted by Crippen LogP contribution is -2.61. The molecular formula is C32H35N3O9S. The molecule has 1 spiro atoms. The van der Waals surface area contributed by atoms with Gasteiger partial charge in [-0.05, 0) is 44.2 Å². The van der Waals surface area contributed by atoms with E-state index in [1.807, 2.05) is 31.2 Å². The first-order valence-electron chi connectivity index (χ1n) is 14.9. The maximum Gasteiger partial charge on any atom is 0.325 e. The van der Waals surface area contributed by atoms with Gasteiger partial charge in [0.25, 0.3) is 0 Å². The molecule has 4 heterocycles. The van der Waals surface area contributed by atoms with Gasteiger partial charge >= 0.3 is 5.97 Å². The number of benzene rings is 1. The van der Waals surface area contributed by atoms with Gasteiger partial charge in [0.2, 0.25) is 17.7 Å². The van der Waals surface area contributed by atoms with E-state index in [0.717, 1.165) is 5.56 Å². The van der Waals surface area contributed by atoms with Crippen LogP contribution in [0.25, 0.3) is 10.8 Å². The minimum atomic E-state index is -1.43. The predicted molar refractivity (Wildman–Crippen MR) is 162 cm³/mol.